The normalized spacial score (nSPS) is 18.9. The maximum absolute atomic E-state index is 11.4. The first kappa shape index (κ1) is 20.1. The maximum Gasteiger partial charge on any atom is 0.371 e. The lowest BCUT2D eigenvalue weighted by Crippen LogP contribution is -2.30. The number of nitrogens with one attached hydrogen (secondary N) is 1. The van der Waals surface area contributed by atoms with Gasteiger partial charge in [-0.15, -0.1) is 0 Å². The zero-order valence-corrected chi connectivity index (χ0v) is 15.9. The number of aliphatic hydroxyl groups is 1. The van der Waals surface area contributed by atoms with E-state index < -0.39 is 18.2 Å². The van der Waals surface area contributed by atoms with Gasteiger partial charge >= 0.3 is 5.97 Å². The van der Waals surface area contributed by atoms with Gasteiger partial charge < -0.3 is 24.7 Å². The summed E-state index contributed by atoms with van der Waals surface area (Å²) < 4.78 is 11.5. The highest BCUT2D eigenvalue weighted by Crippen LogP contribution is 2.30. The standard InChI is InChI=1S/C21H25NO6/c1-12(2)19(24)13-3-5-14(6-4-13)20(16-8-9-17(28-16)21(25)26)27-11-15-7-10-18(23)22-15/h3-6,8-9,12,15,19-20,24H,7,10-11H2,1-2H3,(H,22,23)(H,25,26)/t15?,19-,20?/m0/s1. The van der Waals surface area contributed by atoms with Gasteiger partial charge in [0, 0.05) is 6.42 Å². The van der Waals surface area contributed by atoms with Crippen LogP contribution in [0.5, 0.6) is 0 Å². The molecule has 2 aromatic rings. The minimum absolute atomic E-state index is 0.00309. The van der Waals surface area contributed by atoms with E-state index in [1.807, 2.05) is 38.1 Å². The lowest BCUT2D eigenvalue weighted by molar-refractivity contribution is -0.119. The molecule has 0 saturated carbocycles. The van der Waals surface area contributed by atoms with E-state index >= 15 is 0 Å². The van der Waals surface area contributed by atoms with Gasteiger partial charge in [0.25, 0.3) is 0 Å². The first-order chi connectivity index (χ1) is 13.3. The van der Waals surface area contributed by atoms with Crippen LogP contribution in [-0.4, -0.2) is 34.7 Å². The fraction of sp³-hybridized carbons (Fsp3) is 0.429. The van der Waals surface area contributed by atoms with Crippen molar-refractivity contribution in [3.05, 3.63) is 59.0 Å². The number of rotatable bonds is 8. The van der Waals surface area contributed by atoms with Crippen LogP contribution in [0.15, 0.2) is 40.8 Å². The van der Waals surface area contributed by atoms with Gasteiger partial charge in [-0.25, -0.2) is 4.79 Å². The van der Waals surface area contributed by atoms with Gasteiger partial charge in [-0.1, -0.05) is 38.1 Å². The number of carboxylic acid groups (broad SMARTS) is 1. The predicted molar refractivity (Wildman–Crippen MR) is 101 cm³/mol. The molecule has 3 N–H and O–H groups in total. The number of carbonyl (C=O) groups excluding carboxylic acids is 1. The Bertz CT molecular complexity index is 826. The summed E-state index contributed by atoms with van der Waals surface area (Å²) in [5, 5.41) is 22.2. The number of hydrogen-bond donors (Lipinski definition) is 3. The lowest BCUT2D eigenvalue weighted by atomic mass is 9.97. The predicted octanol–water partition coefficient (Wildman–Crippen LogP) is 3.05. The molecular weight excluding hydrogens is 362 g/mol. The fourth-order valence-electron chi connectivity index (χ4n) is 3.22. The van der Waals surface area contributed by atoms with Crippen molar-refractivity contribution in [3.8, 4) is 0 Å². The minimum Gasteiger partial charge on any atom is -0.475 e. The van der Waals surface area contributed by atoms with Crippen LogP contribution in [-0.2, 0) is 9.53 Å². The van der Waals surface area contributed by atoms with Crippen LogP contribution in [0.2, 0.25) is 0 Å². The van der Waals surface area contributed by atoms with Crippen molar-refractivity contribution >= 4 is 11.9 Å². The number of carboxylic acids is 1. The van der Waals surface area contributed by atoms with Crippen LogP contribution >= 0.6 is 0 Å². The first-order valence-electron chi connectivity index (χ1n) is 9.37. The molecule has 1 saturated heterocycles. The summed E-state index contributed by atoms with van der Waals surface area (Å²) >= 11 is 0. The number of aromatic carboxylic acids is 1. The minimum atomic E-state index is -1.15. The van der Waals surface area contributed by atoms with Gasteiger partial charge in [-0.3, -0.25) is 4.79 Å². The van der Waals surface area contributed by atoms with Crippen molar-refractivity contribution in [2.24, 2.45) is 5.92 Å². The molecule has 1 fully saturated rings. The SMILES string of the molecule is CC(C)[C@H](O)c1ccc(C(OCC2CCC(=O)N2)c2ccc(C(=O)O)o2)cc1. The summed E-state index contributed by atoms with van der Waals surface area (Å²) in [5.74, 6) is -0.845. The van der Waals surface area contributed by atoms with E-state index in [-0.39, 0.29) is 30.2 Å². The fourth-order valence-corrected chi connectivity index (χ4v) is 3.22. The second-order valence-electron chi connectivity index (χ2n) is 7.38. The third-order valence-corrected chi connectivity index (χ3v) is 4.86. The number of aliphatic hydroxyl groups excluding tert-OH is 1. The van der Waals surface area contributed by atoms with Gasteiger partial charge in [-0.2, -0.15) is 0 Å². The van der Waals surface area contributed by atoms with E-state index in [1.54, 1.807) is 6.07 Å². The van der Waals surface area contributed by atoms with Gasteiger partial charge in [0.15, 0.2) is 0 Å². The average molecular weight is 387 g/mol. The Morgan fingerprint density at radius 1 is 1.21 bits per heavy atom. The summed E-state index contributed by atoms with van der Waals surface area (Å²) in [5.41, 5.74) is 1.57. The molecule has 28 heavy (non-hydrogen) atoms. The van der Waals surface area contributed by atoms with Gasteiger partial charge in [0.05, 0.1) is 18.8 Å². The molecule has 1 aliphatic rings. The molecule has 7 heteroatoms. The summed E-state index contributed by atoms with van der Waals surface area (Å²) in [6.45, 7) is 4.17. The monoisotopic (exact) mass is 387 g/mol. The van der Waals surface area contributed by atoms with Gasteiger partial charge in [-0.05, 0) is 35.6 Å². The number of carbonyl (C=O) groups is 2. The summed E-state index contributed by atoms with van der Waals surface area (Å²) in [4.78, 5) is 22.5. The molecule has 0 bridgehead atoms. The van der Waals surface area contributed by atoms with Crippen LogP contribution in [0.1, 0.15) is 66.3 Å². The highest BCUT2D eigenvalue weighted by Gasteiger charge is 2.26. The number of ether oxygens (including phenoxy) is 1. The van der Waals surface area contributed by atoms with Crippen molar-refractivity contribution in [1.29, 1.82) is 0 Å². The van der Waals surface area contributed by atoms with E-state index in [9.17, 15) is 14.7 Å². The molecule has 1 aromatic heterocycles. The molecule has 2 unspecified atom stereocenters. The first-order valence-corrected chi connectivity index (χ1v) is 9.37. The zero-order valence-electron chi connectivity index (χ0n) is 15.9. The molecule has 0 spiro atoms. The second-order valence-corrected chi connectivity index (χ2v) is 7.38. The van der Waals surface area contributed by atoms with Crippen molar-refractivity contribution in [2.75, 3.05) is 6.61 Å². The largest absolute Gasteiger partial charge is 0.475 e. The Morgan fingerprint density at radius 3 is 2.43 bits per heavy atom. The van der Waals surface area contributed by atoms with Crippen LogP contribution in [0.3, 0.4) is 0 Å². The molecule has 3 atom stereocenters. The molecule has 2 heterocycles. The molecule has 7 nitrogen and oxygen atoms in total. The molecule has 3 rings (SSSR count). The smallest absolute Gasteiger partial charge is 0.371 e. The van der Waals surface area contributed by atoms with Gasteiger partial charge in [0.1, 0.15) is 11.9 Å². The van der Waals surface area contributed by atoms with Gasteiger partial charge in [0.2, 0.25) is 11.7 Å². The highest BCUT2D eigenvalue weighted by atomic mass is 16.5. The van der Waals surface area contributed by atoms with Crippen molar-refractivity contribution in [1.82, 2.24) is 5.32 Å². The van der Waals surface area contributed by atoms with E-state index in [2.05, 4.69) is 5.32 Å². The Morgan fingerprint density at radius 2 is 1.89 bits per heavy atom. The van der Waals surface area contributed by atoms with E-state index in [0.717, 1.165) is 11.1 Å². The van der Waals surface area contributed by atoms with Crippen LogP contribution in [0, 0.1) is 5.92 Å². The van der Waals surface area contributed by atoms with Crippen LogP contribution in [0.4, 0.5) is 0 Å². The average Bonchev–Trinajstić information content (AvgIpc) is 3.31. The summed E-state index contributed by atoms with van der Waals surface area (Å²) in [7, 11) is 0. The molecule has 1 aromatic carbocycles. The topological polar surface area (TPSA) is 109 Å². The molecule has 0 radical (unpaired) electrons. The molecule has 150 valence electrons. The number of benzene rings is 1. The van der Waals surface area contributed by atoms with E-state index in [0.29, 0.717) is 18.6 Å². The lowest BCUT2D eigenvalue weighted by Gasteiger charge is -2.20. The molecule has 1 amide bonds. The highest BCUT2D eigenvalue weighted by molar-refractivity contribution is 5.84. The Kier molecular flexibility index (Phi) is 6.16. The summed E-state index contributed by atoms with van der Waals surface area (Å²) in [6, 6.07) is 10.2. The Hall–Kier alpha value is -2.64. The maximum atomic E-state index is 11.4. The van der Waals surface area contributed by atoms with Crippen LogP contribution < -0.4 is 5.32 Å². The quantitative estimate of drug-likeness (QED) is 0.642. The van der Waals surface area contributed by atoms with E-state index in [1.165, 1.54) is 6.07 Å². The number of hydrogen-bond acceptors (Lipinski definition) is 5. The van der Waals surface area contributed by atoms with Crippen LogP contribution in [0.25, 0.3) is 0 Å². The third kappa shape index (κ3) is 4.61. The van der Waals surface area contributed by atoms with E-state index in [4.69, 9.17) is 14.3 Å². The molecule has 0 aliphatic carbocycles. The second kappa shape index (κ2) is 8.58. The number of amides is 1. The third-order valence-electron chi connectivity index (χ3n) is 4.86. The Balaban J connectivity index is 1.82. The summed E-state index contributed by atoms with van der Waals surface area (Å²) in [6.07, 6.45) is -0.00578. The molecular formula is C21H25NO6. The number of furan rings is 1. The van der Waals surface area contributed by atoms with Crippen molar-refractivity contribution in [3.63, 3.8) is 0 Å². The molecule has 1 aliphatic heterocycles. The zero-order chi connectivity index (χ0) is 20.3. The van der Waals surface area contributed by atoms with Crippen molar-refractivity contribution in [2.45, 2.75) is 44.9 Å². The van der Waals surface area contributed by atoms with Crippen molar-refractivity contribution < 1.29 is 29.0 Å². The Labute approximate surface area is 163 Å².